The highest BCUT2D eigenvalue weighted by molar-refractivity contribution is 4.81. The lowest BCUT2D eigenvalue weighted by atomic mass is 10.1. The Morgan fingerprint density at radius 3 is 2.68 bits per heavy atom. The molecule has 3 atom stereocenters. The second-order valence-corrected chi connectivity index (χ2v) is 6.26. The third-order valence-corrected chi connectivity index (χ3v) is 4.53. The summed E-state index contributed by atoms with van der Waals surface area (Å²) in [7, 11) is 4.50. The Bertz CT molecular complexity index is 262. The van der Waals surface area contributed by atoms with Gasteiger partial charge in [0.2, 0.25) is 0 Å². The molecular weight excluding hydrogens is 238 g/mol. The van der Waals surface area contributed by atoms with Crippen molar-refractivity contribution in [1.29, 1.82) is 0 Å². The van der Waals surface area contributed by atoms with Crippen molar-refractivity contribution >= 4 is 0 Å². The van der Waals surface area contributed by atoms with E-state index in [1.807, 2.05) is 0 Å². The van der Waals surface area contributed by atoms with Crippen molar-refractivity contribution in [3.8, 4) is 0 Å². The highest BCUT2D eigenvalue weighted by Gasteiger charge is 2.27. The molecule has 2 fully saturated rings. The minimum atomic E-state index is 0.438. The second-order valence-electron chi connectivity index (χ2n) is 6.26. The van der Waals surface area contributed by atoms with Crippen molar-refractivity contribution < 1.29 is 4.74 Å². The number of nitrogens with one attached hydrogen (secondary N) is 1. The fraction of sp³-hybridized carbons (Fsp3) is 1.00. The monoisotopic (exact) mass is 269 g/mol. The van der Waals surface area contributed by atoms with Gasteiger partial charge < -0.3 is 19.9 Å². The van der Waals surface area contributed by atoms with Crippen LogP contribution in [-0.2, 0) is 4.74 Å². The van der Waals surface area contributed by atoms with Crippen molar-refractivity contribution in [1.82, 2.24) is 15.1 Å². The van der Waals surface area contributed by atoms with Crippen LogP contribution in [-0.4, -0.2) is 74.9 Å². The van der Waals surface area contributed by atoms with Crippen molar-refractivity contribution in [3.63, 3.8) is 0 Å². The first-order chi connectivity index (χ1) is 9.19. The molecule has 0 bridgehead atoms. The number of likely N-dealkylation sites (N-methyl/N-ethyl adjacent to an activating group) is 3. The quantitative estimate of drug-likeness (QED) is 0.751. The van der Waals surface area contributed by atoms with Gasteiger partial charge in [0.1, 0.15) is 0 Å². The lowest BCUT2D eigenvalue weighted by molar-refractivity contribution is 0.0251. The predicted octanol–water partition coefficient (Wildman–Crippen LogP) is 1.17. The van der Waals surface area contributed by atoms with Gasteiger partial charge in [-0.25, -0.2) is 0 Å². The van der Waals surface area contributed by atoms with Crippen LogP contribution in [0.5, 0.6) is 0 Å². The van der Waals surface area contributed by atoms with Crippen molar-refractivity contribution in [3.05, 3.63) is 0 Å². The first-order valence-corrected chi connectivity index (χ1v) is 7.94. The minimum absolute atomic E-state index is 0.438. The van der Waals surface area contributed by atoms with Crippen LogP contribution >= 0.6 is 0 Å². The van der Waals surface area contributed by atoms with E-state index in [0.29, 0.717) is 12.2 Å². The van der Waals surface area contributed by atoms with Gasteiger partial charge in [-0.15, -0.1) is 0 Å². The summed E-state index contributed by atoms with van der Waals surface area (Å²) in [5.74, 6) is 0. The van der Waals surface area contributed by atoms with E-state index in [0.717, 1.165) is 25.7 Å². The summed E-state index contributed by atoms with van der Waals surface area (Å²) in [5.41, 5.74) is 0. The smallest absolute Gasteiger partial charge is 0.0707 e. The van der Waals surface area contributed by atoms with Crippen molar-refractivity contribution in [2.24, 2.45) is 0 Å². The molecule has 0 amide bonds. The van der Waals surface area contributed by atoms with Gasteiger partial charge in [0.15, 0.2) is 0 Å². The lowest BCUT2D eigenvalue weighted by Crippen LogP contribution is -2.40. The Morgan fingerprint density at radius 1 is 1.21 bits per heavy atom. The first-order valence-electron chi connectivity index (χ1n) is 7.94. The fourth-order valence-electron chi connectivity index (χ4n) is 3.36. The zero-order chi connectivity index (χ0) is 13.7. The van der Waals surface area contributed by atoms with Crippen LogP contribution in [0.2, 0.25) is 0 Å². The standard InChI is InChI=1S/C15H31N3O/c1-4-16-10-14-7-8-15(19-14)12-17(2)11-13-6-5-9-18(13)3/h13-16H,4-12H2,1-3H3. The van der Waals surface area contributed by atoms with Gasteiger partial charge in [0.05, 0.1) is 12.2 Å². The molecule has 3 unspecified atom stereocenters. The van der Waals surface area contributed by atoms with E-state index in [1.165, 1.54) is 38.8 Å². The molecular formula is C15H31N3O. The van der Waals surface area contributed by atoms with Crippen LogP contribution < -0.4 is 5.32 Å². The Labute approximate surface area is 118 Å². The molecule has 0 aromatic rings. The number of likely N-dealkylation sites (tertiary alicyclic amines) is 1. The van der Waals surface area contributed by atoms with Crippen LogP contribution in [0.4, 0.5) is 0 Å². The van der Waals surface area contributed by atoms with Crippen LogP contribution in [0.3, 0.4) is 0 Å². The van der Waals surface area contributed by atoms with Gasteiger partial charge in [-0.1, -0.05) is 6.92 Å². The maximum atomic E-state index is 6.11. The zero-order valence-electron chi connectivity index (χ0n) is 12.9. The largest absolute Gasteiger partial charge is 0.372 e. The highest BCUT2D eigenvalue weighted by atomic mass is 16.5. The van der Waals surface area contributed by atoms with Gasteiger partial charge in [-0.2, -0.15) is 0 Å². The summed E-state index contributed by atoms with van der Waals surface area (Å²) in [6, 6.07) is 0.754. The van der Waals surface area contributed by atoms with E-state index in [9.17, 15) is 0 Å². The molecule has 2 heterocycles. The third kappa shape index (κ3) is 4.71. The summed E-state index contributed by atoms with van der Waals surface area (Å²) in [4.78, 5) is 4.97. The van der Waals surface area contributed by atoms with Gasteiger partial charge in [-0.05, 0) is 52.9 Å². The molecule has 1 N–H and O–H groups in total. The maximum absolute atomic E-state index is 6.11. The average Bonchev–Trinajstić information content (AvgIpc) is 2.97. The molecule has 112 valence electrons. The van der Waals surface area contributed by atoms with E-state index in [1.54, 1.807) is 0 Å². The van der Waals surface area contributed by atoms with Gasteiger partial charge in [0, 0.05) is 25.7 Å². The van der Waals surface area contributed by atoms with E-state index in [-0.39, 0.29) is 0 Å². The molecule has 0 spiro atoms. The molecule has 2 saturated heterocycles. The molecule has 2 aliphatic heterocycles. The number of hydrogen-bond donors (Lipinski definition) is 1. The Morgan fingerprint density at radius 2 is 2.00 bits per heavy atom. The van der Waals surface area contributed by atoms with Crippen LogP contribution in [0.25, 0.3) is 0 Å². The first kappa shape index (κ1) is 15.2. The van der Waals surface area contributed by atoms with Crippen LogP contribution in [0.15, 0.2) is 0 Å². The number of nitrogens with zero attached hydrogens (tertiary/aromatic N) is 2. The lowest BCUT2D eigenvalue weighted by Gasteiger charge is -2.27. The summed E-state index contributed by atoms with van der Waals surface area (Å²) < 4.78 is 6.11. The fourth-order valence-corrected chi connectivity index (χ4v) is 3.36. The topological polar surface area (TPSA) is 27.7 Å². The summed E-state index contributed by atoms with van der Waals surface area (Å²) >= 11 is 0. The summed E-state index contributed by atoms with van der Waals surface area (Å²) in [6.07, 6.45) is 6.04. The molecule has 2 aliphatic rings. The Hall–Kier alpha value is -0.160. The van der Waals surface area contributed by atoms with E-state index >= 15 is 0 Å². The SMILES string of the molecule is CCNCC1CCC(CN(C)CC2CCCN2C)O1. The third-order valence-electron chi connectivity index (χ3n) is 4.53. The zero-order valence-corrected chi connectivity index (χ0v) is 12.9. The van der Waals surface area contributed by atoms with E-state index < -0.39 is 0 Å². The minimum Gasteiger partial charge on any atom is -0.372 e. The summed E-state index contributed by atoms with van der Waals surface area (Å²) in [6.45, 7) is 7.75. The molecule has 2 rings (SSSR count). The maximum Gasteiger partial charge on any atom is 0.0707 e. The Kier molecular flexibility index (Phi) is 6.07. The van der Waals surface area contributed by atoms with Gasteiger partial charge in [-0.3, -0.25) is 0 Å². The van der Waals surface area contributed by atoms with E-state index in [4.69, 9.17) is 4.74 Å². The number of hydrogen-bond acceptors (Lipinski definition) is 4. The van der Waals surface area contributed by atoms with Crippen LogP contribution in [0, 0.1) is 0 Å². The molecule has 0 aromatic carbocycles. The highest BCUT2D eigenvalue weighted by Crippen LogP contribution is 2.21. The molecule has 0 saturated carbocycles. The normalized spacial score (nSPS) is 32.5. The predicted molar refractivity (Wildman–Crippen MR) is 79.6 cm³/mol. The van der Waals surface area contributed by atoms with Crippen molar-refractivity contribution in [2.75, 3.05) is 46.8 Å². The number of ether oxygens (including phenoxy) is 1. The van der Waals surface area contributed by atoms with Crippen molar-refractivity contribution in [2.45, 2.75) is 50.9 Å². The molecule has 4 nitrogen and oxygen atoms in total. The average molecular weight is 269 g/mol. The Balaban J connectivity index is 1.64. The molecule has 19 heavy (non-hydrogen) atoms. The molecule has 0 radical (unpaired) electrons. The van der Waals surface area contributed by atoms with Crippen LogP contribution in [0.1, 0.15) is 32.6 Å². The van der Waals surface area contributed by atoms with Gasteiger partial charge >= 0.3 is 0 Å². The second kappa shape index (κ2) is 7.58. The molecule has 0 aliphatic carbocycles. The van der Waals surface area contributed by atoms with E-state index in [2.05, 4.69) is 36.1 Å². The van der Waals surface area contributed by atoms with Gasteiger partial charge in [0.25, 0.3) is 0 Å². The summed E-state index contributed by atoms with van der Waals surface area (Å²) in [5, 5.41) is 3.38. The molecule has 0 aromatic heterocycles. The molecule has 4 heteroatoms. The number of rotatable bonds is 7.